The first kappa shape index (κ1) is 55.8. The Morgan fingerprint density at radius 2 is 0.897 bits per heavy atom. The fourth-order valence-electron chi connectivity index (χ4n) is 7.37. The number of rotatable bonds is 44. The molecule has 3 N–H and O–H groups in total. The summed E-state index contributed by atoms with van der Waals surface area (Å²) in [5, 5.41) is 23.6. The van der Waals surface area contributed by atoms with Gasteiger partial charge in [-0.2, -0.15) is 0 Å². The van der Waals surface area contributed by atoms with E-state index in [-0.39, 0.29) is 24.9 Å². The lowest BCUT2D eigenvalue weighted by atomic mass is 10.0. The third-order valence-electron chi connectivity index (χ3n) is 11.2. The molecule has 6 nitrogen and oxygen atoms in total. The van der Waals surface area contributed by atoms with Gasteiger partial charge in [-0.15, -0.1) is 0 Å². The lowest BCUT2D eigenvalue weighted by Crippen LogP contribution is -2.46. The fourth-order valence-corrected chi connectivity index (χ4v) is 7.37. The van der Waals surface area contributed by atoms with E-state index >= 15 is 0 Å². The van der Waals surface area contributed by atoms with Crippen LogP contribution >= 0.6 is 0 Å². The minimum atomic E-state index is -0.797. The molecule has 3 atom stereocenters. The highest BCUT2D eigenvalue weighted by molar-refractivity contribution is 5.77. The Kier molecular flexibility index (Phi) is 44.2. The Hall–Kier alpha value is -2.18. The molecule has 0 saturated heterocycles. The topological polar surface area (TPSA) is 95.9 Å². The summed E-state index contributed by atoms with van der Waals surface area (Å²) in [7, 11) is 0. The number of aliphatic hydroxyl groups excluding tert-OH is 2. The molecule has 0 bridgehead atoms. The van der Waals surface area contributed by atoms with Gasteiger partial charge in [-0.3, -0.25) is 9.59 Å². The summed E-state index contributed by atoms with van der Waals surface area (Å²) in [6.45, 7) is 6.43. The maximum atomic E-state index is 13.1. The highest BCUT2D eigenvalue weighted by Gasteiger charge is 2.24. The highest BCUT2D eigenvalue weighted by atomic mass is 16.5. The third kappa shape index (κ3) is 40.6. The summed E-state index contributed by atoms with van der Waals surface area (Å²) < 4.78 is 5.90. The van der Waals surface area contributed by atoms with E-state index in [1.807, 2.05) is 0 Å². The summed E-state index contributed by atoms with van der Waals surface area (Å²) in [4.78, 5) is 26.1. The summed E-state index contributed by atoms with van der Waals surface area (Å²) >= 11 is 0. The fraction of sp³-hybridized carbons (Fsp3) is 0.808. The van der Waals surface area contributed by atoms with Crippen molar-refractivity contribution in [3.8, 4) is 0 Å². The first-order valence-corrected chi connectivity index (χ1v) is 24.9. The molecule has 0 aromatic carbocycles. The number of carbonyl (C=O) groups excluding carboxylic acids is 2. The molecule has 0 radical (unpaired) electrons. The van der Waals surface area contributed by atoms with Gasteiger partial charge < -0.3 is 20.3 Å². The van der Waals surface area contributed by atoms with Crippen LogP contribution in [0.1, 0.15) is 245 Å². The first-order valence-electron chi connectivity index (χ1n) is 24.9. The van der Waals surface area contributed by atoms with Gasteiger partial charge in [0.15, 0.2) is 0 Å². The van der Waals surface area contributed by atoms with Gasteiger partial charge >= 0.3 is 5.97 Å². The number of esters is 1. The normalized spacial score (nSPS) is 13.7. The Labute approximate surface area is 359 Å². The van der Waals surface area contributed by atoms with Gasteiger partial charge in [0.1, 0.15) is 6.10 Å². The molecule has 0 aromatic heterocycles. The van der Waals surface area contributed by atoms with Gasteiger partial charge in [0.25, 0.3) is 0 Å². The number of hydrogen-bond donors (Lipinski definition) is 3. The second-order valence-electron chi connectivity index (χ2n) is 16.9. The second-order valence-corrected chi connectivity index (χ2v) is 16.9. The van der Waals surface area contributed by atoms with E-state index in [0.717, 1.165) is 83.5 Å². The zero-order chi connectivity index (χ0) is 42.4. The van der Waals surface area contributed by atoms with Crippen molar-refractivity contribution in [3.63, 3.8) is 0 Å². The zero-order valence-electron chi connectivity index (χ0n) is 38.4. The average molecular weight is 814 g/mol. The molecule has 0 aliphatic heterocycles. The molecule has 1 amide bonds. The molecule has 58 heavy (non-hydrogen) atoms. The maximum absolute atomic E-state index is 13.1. The van der Waals surface area contributed by atoms with Crippen molar-refractivity contribution in [3.05, 3.63) is 48.6 Å². The van der Waals surface area contributed by atoms with Crippen molar-refractivity contribution in [2.24, 2.45) is 0 Å². The quantitative estimate of drug-likeness (QED) is 0.0246. The molecule has 338 valence electrons. The zero-order valence-corrected chi connectivity index (χ0v) is 38.4. The Bertz CT molecular complexity index is 1000. The lowest BCUT2D eigenvalue weighted by Gasteiger charge is -2.24. The van der Waals surface area contributed by atoms with E-state index in [0.29, 0.717) is 19.3 Å². The van der Waals surface area contributed by atoms with Crippen LogP contribution in [-0.2, 0) is 14.3 Å². The third-order valence-corrected chi connectivity index (χ3v) is 11.2. The smallest absolute Gasteiger partial charge is 0.306 e. The van der Waals surface area contributed by atoms with E-state index in [4.69, 9.17) is 4.74 Å². The molecule has 0 rings (SSSR count). The number of carbonyl (C=O) groups is 2. The molecular formula is C52H95NO5. The number of aliphatic hydroxyl groups is 2. The van der Waals surface area contributed by atoms with Crippen LogP contribution in [0, 0.1) is 0 Å². The van der Waals surface area contributed by atoms with Crippen molar-refractivity contribution >= 4 is 11.9 Å². The average Bonchev–Trinajstić information content (AvgIpc) is 3.22. The molecular weight excluding hydrogens is 719 g/mol. The van der Waals surface area contributed by atoms with Gasteiger partial charge in [0.05, 0.1) is 25.2 Å². The van der Waals surface area contributed by atoms with Crippen molar-refractivity contribution in [1.82, 2.24) is 5.32 Å². The Balaban J connectivity index is 4.69. The maximum Gasteiger partial charge on any atom is 0.306 e. The predicted octanol–water partition coefficient (Wildman–Crippen LogP) is 14.7. The number of nitrogens with one attached hydrogen (secondary N) is 1. The van der Waals surface area contributed by atoms with E-state index in [1.54, 1.807) is 0 Å². The molecule has 0 saturated carbocycles. The second kappa shape index (κ2) is 45.9. The lowest BCUT2D eigenvalue weighted by molar-refractivity contribution is -0.151. The van der Waals surface area contributed by atoms with E-state index < -0.39 is 18.2 Å². The first-order chi connectivity index (χ1) is 28.5. The van der Waals surface area contributed by atoms with Gasteiger partial charge in [0, 0.05) is 6.42 Å². The molecule has 0 aliphatic rings. The van der Waals surface area contributed by atoms with Crippen LogP contribution in [0.5, 0.6) is 0 Å². The van der Waals surface area contributed by atoms with Crippen LogP contribution in [0.15, 0.2) is 48.6 Å². The SMILES string of the molecule is CCCCCCC/C=C/C=C/C=C/CCCCCC(CC(=O)NC(CO)C(O)CCCCCCCCCCC)OC(=O)CCCCC/C=C\CCCCCCCCC. The van der Waals surface area contributed by atoms with Crippen LogP contribution in [0.4, 0.5) is 0 Å². The monoisotopic (exact) mass is 814 g/mol. The Morgan fingerprint density at radius 1 is 0.500 bits per heavy atom. The summed E-state index contributed by atoms with van der Waals surface area (Å²) in [5.74, 6) is -0.525. The van der Waals surface area contributed by atoms with E-state index in [9.17, 15) is 19.8 Å². The number of allylic oxidation sites excluding steroid dienone is 8. The molecule has 6 heteroatoms. The standard InChI is InChI=1S/C52H95NO5/c1-4-7-10-13-16-19-21-23-25-26-27-29-32-34-37-40-43-48(58-52(57)45-42-39-36-33-30-28-24-22-20-17-14-11-8-5-2)46-51(56)53-49(47-54)50(55)44-41-38-35-31-18-15-12-9-6-3/h21,23,25-30,48-50,54-55H,4-20,22,24,31-47H2,1-3H3,(H,53,56)/b23-21+,26-25+,29-27+,30-28-. The summed E-state index contributed by atoms with van der Waals surface area (Å²) in [6, 6.07) is -0.714. The molecule has 0 aromatic rings. The largest absolute Gasteiger partial charge is 0.462 e. The van der Waals surface area contributed by atoms with Gasteiger partial charge in [0.2, 0.25) is 5.91 Å². The van der Waals surface area contributed by atoms with Crippen LogP contribution in [0.3, 0.4) is 0 Å². The number of hydrogen-bond acceptors (Lipinski definition) is 5. The molecule has 0 heterocycles. The van der Waals surface area contributed by atoms with Crippen LogP contribution in [0.25, 0.3) is 0 Å². The minimum absolute atomic E-state index is 0.0491. The van der Waals surface area contributed by atoms with Crippen LogP contribution < -0.4 is 5.32 Å². The van der Waals surface area contributed by atoms with Crippen LogP contribution in [-0.4, -0.2) is 46.9 Å². The van der Waals surface area contributed by atoms with Crippen molar-refractivity contribution < 1.29 is 24.5 Å². The number of unbranched alkanes of at least 4 members (excludes halogenated alkanes) is 26. The molecule has 3 unspecified atom stereocenters. The van der Waals surface area contributed by atoms with Crippen molar-refractivity contribution in [1.29, 1.82) is 0 Å². The summed E-state index contributed by atoms with van der Waals surface area (Å²) in [5.41, 5.74) is 0. The predicted molar refractivity (Wildman–Crippen MR) is 250 cm³/mol. The van der Waals surface area contributed by atoms with E-state index in [1.165, 1.54) is 116 Å². The molecule has 0 fully saturated rings. The van der Waals surface area contributed by atoms with Gasteiger partial charge in [-0.05, 0) is 77.0 Å². The Morgan fingerprint density at radius 3 is 1.38 bits per heavy atom. The summed E-state index contributed by atoms with van der Waals surface area (Å²) in [6.07, 6.45) is 54.6. The van der Waals surface area contributed by atoms with E-state index in [2.05, 4.69) is 74.7 Å². The number of ether oxygens (including phenoxy) is 1. The van der Waals surface area contributed by atoms with Crippen LogP contribution in [0.2, 0.25) is 0 Å². The van der Waals surface area contributed by atoms with Gasteiger partial charge in [-0.25, -0.2) is 0 Å². The number of amides is 1. The van der Waals surface area contributed by atoms with Gasteiger partial charge in [-0.1, -0.05) is 204 Å². The minimum Gasteiger partial charge on any atom is -0.462 e. The molecule has 0 spiro atoms. The van der Waals surface area contributed by atoms with Crippen molar-refractivity contribution in [2.75, 3.05) is 6.61 Å². The molecule has 0 aliphatic carbocycles. The highest BCUT2D eigenvalue weighted by Crippen LogP contribution is 2.17. The van der Waals surface area contributed by atoms with Crippen molar-refractivity contribution in [2.45, 2.75) is 264 Å².